The minimum Gasteiger partial charge on any atom is -0.491 e. The number of benzene rings is 4. The van der Waals surface area contributed by atoms with Crippen molar-refractivity contribution in [1.82, 2.24) is 0 Å². The highest BCUT2D eigenvalue weighted by molar-refractivity contribution is 6.08. The highest BCUT2D eigenvalue weighted by Crippen LogP contribution is 2.42. The lowest BCUT2D eigenvalue weighted by Crippen LogP contribution is -2.27. The summed E-state index contributed by atoms with van der Waals surface area (Å²) >= 11 is 0. The van der Waals surface area contributed by atoms with Crippen molar-refractivity contribution in [2.45, 2.75) is 51.0 Å². The minimum absolute atomic E-state index is 0.0190. The molecule has 4 aromatic rings. The van der Waals surface area contributed by atoms with Crippen molar-refractivity contribution in [1.29, 1.82) is 0 Å². The third-order valence-electron chi connectivity index (χ3n) is 7.28. The lowest BCUT2D eigenvalue weighted by Gasteiger charge is -2.35. The molecule has 0 fully saturated rings. The SMILES string of the molecule is CCCC(CCC)(c1ccc(OCC(=O)c2cccc3ccccc23)cc1)c1ccc(OCC(O)CO)cc1. The molecule has 39 heavy (non-hydrogen) atoms. The van der Waals surface area contributed by atoms with Gasteiger partial charge in [0.15, 0.2) is 6.61 Å². The molecule has 4 rings (SSSR count). The van der Waals surface area contributed by atoms with Gasteiger partial charge < -0.3 is 19.7 Å². The van der Waals surface area contributed by atoms with Crippen LogP contribution in [-0.2, 0) is 5.41 Å². The van der Waals surface area contributed by atoms with Crippen LogP contribution in [0.25, 0.3) is 10.8 Å². The maximum absolute atomic E-state index is 13.0. The first-order chi connectivity index (χ1) is 19.0. The van der Waals surface area contributed by atoms with Crippen LogP contribution in [-0.4, -0.2) is 41.9 Å². The summed E-state index contributed by atoms with van der Waals surface area (Å²) in [6, 6.07) is 29.8. The third kappa shape index (κ3) is 6.67. The van der Waals surface area contributed by atoms with E-state index in [1.165, 1.54) is 11.1 Å². The molecule has 0 aliphatic rings. The molecule has 0 saturated heterocycles. The van der Waals surface area contributed by atoms with E-state index in [1.54, 1.807) is 0 Å². The Labute approximate surface area is 231 Å². The highest BCUT2D eigenvalue weighted by Gasteiger charge is 2.32. The van der Waals surface area contributed by atoms with Gasteiger partial charge in [-0.3, -0.25) is 4.79 Å². The van der Waals surface area contributed by atoms with Gasteiger partial charge in [0, 0.05) is 11.0 Å². The quantitative estimate of drug-likeness (QED) is 0.178. The highest BCUT2D eigenvalue weighted by atomic mass is 16.5. The molecule has 0 amide bonds. The van der Waals surface area contributed by atoms with Crippen LogP contribution in [0.1, 0.15) is 61.0 Å². The Balaban J connectivity index is 1.51. The summed E-state index contributed by atoms with van der Waals surface area (Å²) in [5, 5.41) is 20.6. The van der Waals surface area contributed by atoms with Crippen molar-refractivity contribution in [3.8, 4) is 11.5 Å². The largest absolute Gasteiger partial charge is 0.491 e. The first-order valence-electron chi connectivity index (χ1n) is 13.8. The number of Topliss-reactive ketones (excluding diaryl/α,β-unsaturated/α-hetero) is 1. The number of carbonyl (C=O) groups excluding carboxylic acids is 1. The second kappa shape index (κ2) is 13.4. The Morgan fingerprint density at radius 1 is 0.769 bits per heavy atom. The van der Waals surface area contributed by atoms with E-state index >= 15 is 0 Å². The summed E-state index contributed by atoms with van der Waals surface area (Å²) in [7, 11) is 0. The molecule has 0 spiro atoms. The summed E-state index contributed by atoms with van der Waals surface area (Å²) in [5.41, 5.74) is 2.93. The molecule has 0 radical (unpaired) electrons. The number of ketones is 1. The summed E-state index contributed by atoms with van der Waals surface area (Å²) in [6.07, 6.45) is 3.14. The van der Waals surface area contributed by atoms with Gasteiger partial charge in [-0.1, -0.05) is 93.4 Å². The lowest BCUT2D eigenvalue weighted by atomic mass is 9.68. The molecular weight excluding hydrogens is 488 g/mol. The second-order valence-electron chi connectivity index (χ2n) is 10.0. The van der Waals surface area contributed by atoms with Crippen LogP contribution in [0.3, 0.4) is 0 Å². The number of fused-ring (bicyclic) bond motifs is 1. The van der Waals surface area contributed by atoms with Crippen molar-refractivity contribution in [2.24, 2.45) is 0 Å². The minimum atomic E-state index is -0.896. The zero-order valence-electron chi connectivity index (χ0n) is 22.8. The molecule has 1 unspecified atom stereocenters. The summed E-state index contributed by atoms with van der Waals surface area (Å²) in [6.45, 7) is 4.11. The molecule has 204 valence electrons. The predicted molar refractivity (Wildman–Crippen MR) is 156 cm³/mol. The van der Waals surface area contributed by atoms with Gasteiger partial charge in [-0.2, -0.15) is 0 Å². The van der Waals surface area contributed by atoms with Crippen molar-refractivity contribution in [3.63, 3.8) is 0 Å². The van der Waals surface area contributed by atoms with Crippen LogP contribution in [0.5, 0.6) is 11.5 Å². The van der Waals surface area contributed by atoms with Crippen LogP contribution in [0.15, 0.2) is 91.0 Å². The number of hydrogen-bond donors (Lipinski definition) is 2. The van der Waals surface area contributed by atoms with Gasteiger partial charge in [0.25, 0.3) is 0 Å². The van der Waals surface area contributed by atoms with Crippen LogP contribution in [0.4, 0.5) is 0 Å². The first kappa shape index (κ1) is 28.3. The predicted octanol–water partition coefficient (Wildman–Crippen LogP) is 6.72. The van der Waals surface area contributed by atoms with E-state index < -0.39 is 6.10 Å². The Morgan fingerprint density at radius 2 is 1.33 bits per heavy atom. The monoisotopic (exact) mass is 526 g/mol. The molecule has 5 nitrogen and oxygen atoms in total. The lowest BCUT2D eigenvalue weighted by molar-refractivity contribution is 0.0536. The zero-order chi connectivity index (χ0) is 27.7. The van der Waals surface area contributed by atoms with Gasteiger partial charge in [-0.25, -0.2) is 0 Å². The maximum Gasteiger partial charge on any atom is 0.200 e. The van der Waals surface area contributed by atoms with Crippen molar-refractivity contribution < 1.29 is 24.5 Å². The van der Waals surface area contributed by atoms with Gasteiger partial charge in [-0.15, -0.1) is 0 Å². The van der Waals surface area contributed by atoms with E-state index in [0.29, 0.717) is 17.1 Å². The standard InChI is InChI=1S/C34H38O5/c1-3-20-34(21-4-2,26-12-16-29(17-13-26)38-23-28(36)22-35)27-14-18-30(19-15-27)39-24-33(37)32-11-7-9-25-8-5-6-10-31(25)32/h5-19,28,35-36H,3-4,20-24H2,1-2H3. The van der Waals surface area contributed by atoms with E-state index in [2.05, 4.69) is 38.1 Å². The van der Waals surface area contributed by atoms with Gasteiger partial charge in [0.2, 0.25) is 5.78 Å². The number of aliphatic hydroxyl groups is 2. The number of carbonyl (C=O) groups is 1. The molecule has 1 atom stereocenters. The topological polar surface area (TPSA) is 76.0 Å². The van der Waals surface area contributed by atoms with Gasteiger partial charge in [-0.05, 0) is 59.0 Å². The average Bonchev–Trinajstić information content (AvgIpc) is 2.98. The van der Waals surface area contributed by atoms with Gasteiger partial charge in [0.1, 0.15) is 24.2 Å². The fourth-order valence-electron chi connectivity index (χ4n) is 5.40. The fraction of sp³-hybridized carbons (Fsp3) is 0.324. The smallest absolute Gasteiger partial charge is 0.200 e. The molecule has 0 aliphatic heterocycles. The number of hydrogen-bond acceptors (Lipinski definition) is 5. The molecule has 2 N–H and O–H groups in total. The van der Waals surface area contributed by atoms with Crippen molar-refractivity contribution in [2.75, 3.05) is 19.8 Å². The van der Waals surface area contributed by atoms with Crippen LogP contribution >= 0.6 is 0 Å². The Hall–Kier alpha value is -3.67. The summed E-state index contributed by atoms with van der Waals surface area (Å²) in [5.74, 6) is 1.28. The molecule has 0 saturated carbocycles. The molecular formula is C34H38O5. The van der Waals surface area contributed by atoms with E-state index in [-0.39, 0.29) is 31.0 Å². The fourth-order valence-corrected chi connectivity index (χ4v) is 5.40. The third-order valence-corrected chi connectivity index (χ3v) is 7.28. The molecule has 0 aromatic heterocycles. The van der Waals surface area contributed by atoms with Crippen LogP contribution in [0, 0.1) is 0 Å². The van der Waals surface area contributed by atoms with Gasteiger partial charge in [0.05, 0.1) is 6.61 Å². The number of rotatable bonds is 14. The van der Waals surface area contributed by atoms with Crippen molar-refractivity contribution in [3.05, 3.63) is 108 Å². The number of ether oxygens (including phenoxy) is 2. The van der Waals surface area contributed by atoms with Gasteiger partial charge >= 0.3 is 0 Å². The molecule has 4 aromatic carbocycles. The molecule has 0 aliphatic carbocycles. The van der Waals surface area contributed by atoms with Crippen LogP contribution < -0.4 is 9.47 Å². The zero-order valence-corrected chi connectivity index (χ0v) is 22.8. The molecule has 5 heteroatoms. The molecule has 0 heterocycles. The summed E-state index contributed by atoms with van der Waals surface area (Å²) in [4.78, 5) is 13.0. The molecule has 0 bridgehead atoms. The van der Waals surface area contributed by atoms with E-state index in [1.807, 2.05) is 66.7 Å². The Morgan fingerprint density at radius 3 is 1.92 bits per heavy atom. The Bertz CT molecular complexity index is 1330. The summed E-state index contributed by atoms with van der Waals surface area (Å²) < 4.78 is 11.5. The second-order valence-corrected chi connectivity index (χ2v) is 10.0. The number of aliphatic hydroxyl groups excluding tert-OH is 2. The maximum atomic E-state index is 13.0. The normalized spacial score (nSPS) is 12.3. The van der Waals surface area contributed by atoms with E-state index in [9.17, 15) is 9.90 Å². The first-order valence-corrected chi connectivity index (χ1v) is 13.8. The van der Waals surface area contributed by atoms with Crippen LogP contribution in [0.2, 0.25) is 0 Å². The Kier molecular flexibility index (Phi) is 9.74. The van der Waals surface area contributed by atoms with Crippen molar-refractivity contribution >= 4 is 16.6 Å². The van der Waals surface area contributed by atoms with E-state index in [0.717, 1.165) is 36.5 Å². The van der Waals surface area contributed by atoms with E-state index in [4.69, 9.17) is 14.6 Å². The average molecular weight is 527 g/mol.